The first-order valence-electron chi connectivity index (χ1n) is 6.57. The molecule has 2 aliphatic heterocycles. The van der Waals surface area contributed by atoms with E-state index in [1.807, 2.05) is 25.5 Å². The SMILES string of the molecule is CC(C)(C)OC(=O)N1CC2(CCn3[nH]c(=O)cc32)C1. The van der Waals surface area contributed by atoms with Crippen LogP contribution in [-0.2, 0) is 16.7 Å². The summed E-state index contributed by atoms with van der Waals surface area (Å²) in [6.45, 7) is 7.68. The maximum atomic E-state index is 11.9. The van der Waals surface area contributed by atoms with Crippen molar-refractivity contribution in [2.45, 2.75) is 44.8 Å². The standard InChI is InChI=1S/C13H19N3O3/c1-12(2,3)19-11(18)15-7-13(8-15)4-5-16-9(13)6-10(17)14-16/h6H,4-5,7-8H2,1-3H3,(H,14,17). The first kappa shape index (κ1) is 12.3. The first-order valence-corrected chi connectivity index (χ1v) is 6.57. The Morgan fingerprint density at radius 1 is 1.42 bits per heavy atom. The van der Waals surface area contributed by atoms with Crippen LogP contribution < -0.4 is 5.56 Å². The lowest BCUT2D eigenvalue weighted by molar-refractivity contribution is -0.00970. The molecule has 3 heterocycles. The number of ether oxygens (including phenoxy) is 1. The van der Waals surface area contributed by atoms with Gasteiger partial charge in [-0.1, -0.05) is 0 Å². The molecule has 0 aromatic carbocycles. The molecule has 6 nitrogen and oxygen atoms in total. The van der Waals surface area contributed by atoms with E-state index >= 15 is 0 Å². The molecule has 1 fully saturated rings. The van der Waals surface area contributed by atoms with Crippen molar-refractivity contribution in [1.29, 1.82) is 0 Å². The third-order valence-corrected chi connectivity index (χ3v) is 3.80. The number of nitrogens with one attached hydrogen (secondary N) is 1. The Hall–Kier alpha value is -1.72. The molecular weight excluding hydrogens is 246 g/mol. The molecule has 1 spiro atoms. The molecule has 2 aliphatic rings. The molecule has 3 rings (SSSR count). The highest BCUT2D eigenvalue weighted by molar-refractivity contribution is 5.70. The lowest BCUT2D eigenvalue weighted by atomic mass is 9.76. The van der Waals surface area contributed by atoms with Crippen molar-refractivity contribution in [2.24, 2.45) is 0 Å². The van der Waals surface area contributed by atoms with Crippen LogP contribution in [0.15, 0.2) is 10.9 Å². The van der Waals surface area contributed by atoms with Gasteiger partial charge in [0.2, 0.25) is 0 Å². The Kier molecular flexibility index (Phi) is 2.37. The topological polar surface area (TPSA) is 67.3 Å². The minimum absolute atomic E-state index is 0.0456. The van der Waals surface area contributed by atoms with Gasteiger partial charge in [0, 0.05) is 36.8 Å². The van der Waals surface area contributed by atoms with Gasteiger partial charge in [-0.3, -0.25) is 14.6 Å². The van der Waals surface area contributed by atoms with Crippen LogP contribution in [0, 0.1) is 0 Å². The van der Waals surface area contributed by atoms with Gasteiger partial charge in [-0.05, 0) is 27.2 Å². The summed E-state index contributed by atoms with van der Waals surface area (Å²) < 4.78 is 7.25. The second-order valence-corrected chi connectivity index (χ2v) is 6.52. The number of fused-ring (bicyclic) bond motifs is 2. The highest BCUT2D eigenvalue weighted by Crippen LogP contribution is 2.42. The van der Waals surface area contributed by atoms with Crippen molar-refractivity contribution in [1.82, 2.24) is 14.7 Å². The fourth-order valence-corrected chi connectivity index (χ4v) is 2.96. The average molecular weight is 265 g/mol. The van der Waals surface area contributed by atoms with Crippen LogP contribution in [0.2, 0.25) is 0 Å². The Morgan fingerprint density at radius 3 is 2.74 bits per heavy atom. The van der Waals surface area contributed by atoms with Crippen LogP contribution in [0.4, 0.5) is 4.79 Å². The molecule has 1 aromatic heterocycles. The number of carbonyl (C=O) groups excluding carboxylic acids is 1. The summed E-state index contributed by atoms with van der Waals surface area (Å²) in [6, 6.07) is 1.65. The van der Waals surface area contributed by atoms with Crippen LogP contribution in [0.25, 0.3) is 0 Å². The number of amides is 1. The summed E-state index contributed by atoms with van der Waals surface area (Å²) in [5, 5.41) is 2.79. The van der Waals surface area contributed by atoms with Gasteiger partial charge in [-0.15, -0.1) is 0 Å². The van der Waals surface area contributed by atoms with E-state index in [2.05, 4.69) is 5.10 Å². The molecule has 1 saturated heterocycles. The molecule has 0 atom stereocenters. The van der Waals surface area contributed by atoms with Crippen LogP contribution in [-0.4, -0.2) is 39.5 Å². The predicted molar refractivity (Wildman–Crippen MR) is 69.2 cm³/mol. The van der Waals surface area contributed by atoms with E-state index in [1.165, 1.54) is 0 Å². The number of hydrogen-bond donors (Lipinski definition) is 1. The van der Waals surface area contributed by atoms with Crippen molar-refractivity contribution in [2.75, 3.05) is 13.1 Å². The summed E-state index contributed by atoms with van der Waals surface area (Å²) in [6.07, 6.45) is 0.702. The highest BCUT2D eigenvalue weighted by Gasteiger charge is 2.51. The number of nitrogens with zero attached hydrogens (tertiary/aromatic N) is 2. The largest absolute Gasteiger partial charge is 0.444 e. The highest BCUT2D eigenvalue weighted by atomic mass is 16.6. The van der Waals surface area contributed by atoms with E-state index in [0.717, 1.165) is 18.7 Å². The third-order valence-electron chi connectivity index (χ3n) is 3.80. The average Bonchev–Trinajstić information content (AvgIpc) is 2.68. The van der Waals surface area contributed by atoms with Gasteiger partial charge < -0.3 is 9.64 Å². The summed E-state index contributed by atoms with van der Waals surface area (Å²) in [5.74, 6) is 0. The molecule has 0 saturated carbocycles. The number of rotatable bonds is 0. The Labute approximate surface area is 111 Å². The number of H-pyrrole nitrogens is 1. The number of aromatic amines is 1. The minimum atomic E-state index is -0.467. The lowest BCUT2D eigenvalue weighted by Crippen LogP contribution is -2.61. The molecule has 6 heteroatoms. The fraction of sp³-hybridized carbons (Fsp3) is 0.692. The molecule has 0 aliphatic carbocycles. The third kappa shape index (κ3) is 1.95. The maximum Gasteiger partial charge on any atom is 0.410 e. The number of aromatic nitrogens is 2. The van der Waals surface area contributed by atoms with Crippen molar-refractivity contribution in [3.8, 4) is 0 Å². The second kappa shape index (κ2) is 3.65. The van der Waals surface area contributed by atoms with Gasteiger partial charge in [0.1, 0.15) is 5.60 Å². The van der Waals surface area contributed by atoms with Crippen LogP contribution in [0.3, 0.4) is 0 Å². The van der Waals surface area contributed by atoms with E-state index < -0.39 is 5.60 Å². The maximum absolute atomic E-state index is 11.9. The van der Waals surface area contributed by atoms with Gasteiger partial charge in [0.05, 0.1) is 0 Å². The van der Waals surface area contributed by atoms with E-state index in [1.54, 1.807) is 11.0 Å². The fourth-order valence-electron chi connectivity index (χ4n) is 2.96. The van der Waals surface area contributed by atoms with Crippen molar-refractivity contribution in [3.63, 3.8) is 0 Å². The Balaban J connectivity index is 1.70. The smallest absolute Gasteiger partial charge is 0.410 e. The summed E-state index contributed by atoms with van der Waals surface area (Å²) in [4.78, 5) is 25.0. The molecule has 19 heavy (non-hydrogen) atoms. The van der Waals surface area contributed by atoms with Gasteiger partial charge in [0.15, 0.2) is 0 Å². The summed E-state index contributed by atoms with van der Waals surface area (Å²) >= 11 is 0. The van der Waals surface area contributed by atoms with E-state index in [0.29, 0.717) is 13.1 Å². The summed E-state index contributed by atoms with van der Waals surface area (Å²) in [5.41, 5.74) is 0.448. The first-order chi connectivity index (χ1) is 8.79. The molecule has 1 aromatic rings. The quantitative estimate of drug-likeness (QED) is 0.763. The Morgan fingerprint density at radius 2 is 2.11 bits per heavy atom. The summed E-state index contributed by atoms with van der Waals surface area (Å²) in [7, 11) is 0. The second-order valence-electron chi connectivity index (χ2n) is 6.52. The van der Waals surface area contributed by atoms with E-state index in [9.17, 15) is 9.59 Å². The van der Waals surface area contributed by atoms with Crippen molar-refractivity contribution >= 4 is 6.09 Å². The molecule has 0 bridgehead atoms. The van der Waals surface area contributed by atoms with Gasteiger partial charge in [-0.2, -0.15) is 0 Å². The van der Waals surface area contributed by atoms with Crippen molar-refractivity contribution < 1.29 is 9.53 Å². The molecule has 1 N–H and O–H groups in total. The van der Waals surface area contributed by atoms with Crippen LogP contribution >= 0.6 is 0 Å². The minimum Gasteiger partial charge on any atom is -0.444 e. The molecular formula is C13H19N3O3. The van der Waals surface area contributed by atoms with Crippen LogP contribution in [0.5, 0.6) is 0 Å². The number of likely N-dealkylation sites (tertiary alicyclic amines) is 1. The zero-order chi connectivity index (χ0) is 13.8. The van der Waals surface area contributed by atoms with Gasteiger partial charge >= 0.3 is 6.09 Å². The van der Waals surface area contributed by atoms with Gasteiger partial charge in [-0.25, -0.2) is 4.79 Å². The number of hydrogen-bond acceptors (Lipinski definition) is 3. The predicted octanol–water partition coefficient (Wildman–Crippen LogP) is 1.07. The Bertz CT molecular complexity index is 573. The molecule has 0 radical (unpaired) electrons. The van der Waals surface area contributed by atoms with E-state index in [4.69, 9.17) is 4.74 Å². The van der Waals surface area contributed by atoms with Gasteiger partial charge in [0.25, 0.3) is 5.56 Å². The normalized spacial score (nSPS) is 20.3. The van der Waals surface area contributed by atoms with Crippen molar-refractivity contribution in [3.05, 3.63) is 22.1 Å². The number of aryl methyl sites for hydroxylation is 1. The zero-order valence-electron chi connectivity index (χ0n) is 11.5. The monoisotopic (exact) mass is 265 g/mol. The zero-order valence-corrected chi connectivity index (χ0v) is 11.5. The lowest BCUT2D eigenvalue weighted by Gasteiger charge is -2.47. The van der Waals surface area contributed by atoms with E-state index in [-0.39, 0.29) is 17.1 Å². The van der Waals surface area contributed by atoms with Crippen LogP contribution in [0.1, 0.15) is 32.9 Å². The number of carbonyl (C=O) groups is 1. The molecule has 0 unspecified atom stereocenters. The molecule has 1 amide bonds. The molecule has 104 valence electrons.